The fourth-order valence-corrected chi connectivity index (χ4v) is 4.58. The predicted molar refractivity (Wildman–Crippen MR) is 128 cm³/mol. The van der Waals surface area contributed by atoms with Crippen LogP contribution in [0.1, 0.15) is 36.3 Å². The van der Waals surface area contributed by atoms with Crippen molar-refractivity contribution >= 4 is 23.7 Å². The largest absolute Gasteiger partial charge is 0.480 e. The van der Waals surface area contributed by atoms with Crippen LogP contribution in [-0.4, -0.2) is 45.5 Å². The van der Waals surface area contributed by atoms with Gasteiger partial charge in [-0.05, 0) is 34.6 Å². The van der Waals surface area contributed by atoms with Crippen molar-refractivity contribution in [1.82, 2.24) is 15.1 Å². The molecular weight excluding hydrogens is 448 g/mol. The molecule has 1 atom stereocenters. The highest BCUT2D eigenvalue weighted by Gasteiger charge is 2.32. The molecule has 2 aliphatic rings. The van der Waals surface area contributed by atoms with Crippen molar-refractivity contribution in [3.63, 3.8) is 0 Å². The molecule has 0 unspecified atom stereocenters. The van der Waals surface area contributed by atoms with Crippen LogP contribution in [0.4, 0.5) is 10.5 Å². The normalized spacial score (nSPS) is 15.1. The molecule has 1 heterocycles. The maximum atomic E-state index is 12.9. The number of amides is 2. The molecule has 1 fully saturated rings. The highest BCUT2D eigenvalue weighted by atomic mass is 16.5. The van der Waals surface area contributed by atoms with E-state index in [-0.39, 0.29) is 25.0 Å². The number of carboxylic acids is 1. The van der Waals surface area contributed by atoms with Crippen LogP contribution in [0.15, 0.2) is 60.9 Å². The van der Waals surface area contributed by atoms with Gasteiger partial charge in [0.1, 0.15) is 19.2 Å². The Morgan fingerprint density at radius 2 is 1.71 bits per heavy atom. The number of aromatic nitrogens is 2. The van der Waals surface area contributed by atoms with E-state index in [9.17, 15) is 14.4 Å². The zero-order chi connectivity index (χ0) is 24.4. The lowest BCUT2D eigenvalue weighted by molar-refractivity contribution is -0.137. The minimum atomic E-state index is -1.03. The first kappa shape index (κ1) is 22.6. The summed E-state index contributed by atoms with van der Waals surface area (Å²) in [6.45, 7) is -0.140. The molecule has 1 aromatic heterocycles. The molecule has 0 bridgehead atoms. The monoisotopic (exact) mass is 474 g/mol. The van der Waals surface area contributed by atoms with E-state index < -0.39 is 18.1 Å². The van der Waals surface area contributed by atoms with Crippen LogP contribution in [0.25, 0.3) is 11.1 Å². The number of anilines is 1. The van der Waals surface area contributed by atoms with Gasteiger partial charge in [0.25, 0.3) is 0 Å². The van der Waals surface area contributed by atoms with Crippen LogP contribution in [-0.2, 0) is 20.9 Å². The van der Waals surface area contributed by atoms with Gasteiger partial charge < -0.3 is 20.5 Å². The number of hydrogen-bond donors (Lipinski definition) is 3. The summed E-state index contributed by atoms with van der Waals surface area (Å²) in [6, 6.07) is 15.4. The molecule has 3 N–H and O–H groups in total. The summed E-state index contributed by atoms with van der Waals surface area (Å²) in [5.74, 6) is -1.10. The van der Waals surface area contributed by atoms with Crippen molar-refractivity contribution in [2.24, 2.45) is 5.92 Å². The van der Waals surface area contributed by atoms with Gasteiger partial charge in [0, 0.05) is 12.1 Å². The molecule has 9 heteroatoms. The Bertz CT molecular complexity index is 1220. The summed E-state index contributed by atoms with van der Waals surface area (Å²) in [5, 5.41) is 18.2. The molecule has 0 spiro atoms. The zero-order valence-corrected chi connectivity index (χ0v) is 19.0. The molecule has 9 nitrogen and oxygen atoms in total. The van der Waals surface area contributed by atoms with Crippen LogP contribution < -0.4 is 10.6 Å². The Morgan fingerprint density at radius 1 is 1.06 bits per heavy atom. The summed E-state index contributed by atoms with van der Waals surface area (Å²) in [6.07, 6.45) is 4.73. The van der Waals surface area contributed by atoms with Gasteiger partial charge in [-0.15, -0.1) is 0 Å². The van der Waals surface area contributed by atoms with Crippen molar-refractivity contribution in [1.29, 1.82) is 0 Å². The third kappa shape index (κ3) is 5.18. The van der Waals surface area contributed by atoms with Gasteiger partial charge in [-0.25, -0.2) is 4.79 Å². The average Bonchev–Trinajstić information content (AvgIpc) is 3.47. The molecule has 35 heavy (non-hydrogen) atoms. The summed E-state index contributed by atoms with van der Waals surface area (Å²) in [5.41, 5.74) is 4.89. The molecule has 0 aliphatic heterocycles. The van der Waals surface area contributed by atoms with Gasteiger partial charge >= 0.3 is 12.1 Å². The first-order chi connectivity index (χ1) is 17.0. The number of benzene rings is 2. The number of ether oxygens (including phenoxy) is 1. The highest BCUT2D eigenvalue weighted by Crippen LogP contribution is 2.44. The quantitative estimate of drug-likeness (QED) is 0.435. The number of carbonyl (C=O) groups is 3. The summed E-state index contributed by atoms with van der Waals surface area (Å²) < 4.78 is 6.82. The maximum absolute atomic E-state index is 12.9. The van der Waals surface area contributed by atoms with E-state index >= 15 is 0 Å². The van der Waals surface area contributed by atoms with Crippen LogP contribution in [0.2, 0.25) is 0 Å². The molecule has 1 saturated carbocycles. The fraction of sp³-hybridized carbons (Fsp3) is 0.308. The minimum Gasteiger partial charge on any atom is -0.480 e. The molecule has 0 radical (unpaired) electrons. The standard InChI is InChI=1S/C26H26N4O5/c31-24(32)14-30-13-17(12-27-30)28-25(33)23(11-16-9-10-16)29-26(34)35-15-22-20-7-3-1-5-18(20)19-6-2-4-8-21(19)22/h1-8,12-13,16,22-23H,9-11,14-15H2,(H,28,33)(H,29,34)(H,31,32)/t23-/m0/s1. The molecule has 0 saturated heterocycles. The predicted octanol–water partition coefficient (Wildman–Crippen LogP) is 3.61. The summed E-state index contributed by atoms with van der Waals surface area (Å²) >= 11 is 0. The first-order valence-electron chi connectivity index (χ1n) is 11.6. The van der Waals surface area contributed by atoms with E-state index in [0.29, 0.717) is 18.0 Å². The fourth-order valence-electron chi connectivity index (χ4n) is 4.58. The topological polar surface area (TPSA) is 123 Å². The lowest BCUT2D eigenvalue weighted by atomic mass is 9.98. The van der Waals surface area contributed by atoms with E-state index in [4.69, 9.17) is 9.84 Å². The Balaban J connectivity index is 1.22. The second-order valence-electron chi connectivity index (χ2n) is 9.01. The number of nitrogens with zero attached hydrogens (tertiary/aromatic N) is 2. The van der Waals surface area contributed by atoms with Gasteiger partial charge in [0.2, 0.25) is 5.91 Å². The molecule has 3 aromatic rings. The van der Waals surface area contributed by atoms with E-state index in [1.807, 2.05) is 24.3 Å². The Labute approximate surface area is 202 Å². The van der Waals surface area contributed by atoms with Crippen molar-refractivity contribution in [3.05, 3.63) is 72.1 Å². The van der Waals surface area contributed by atoms with Crippen LogP contribution in [0.5, 0.6) is 0 Å². The smallest absolute Gasteiger partial charge is 0.407 e. The second-order valence-corrected chi connectivity index (χ2v) is 9.01. The number of hydrogen-bond acceptors (Lipinski definition) is 5. The number of alkyl carbamates (subject to hydrolysis) is 1. The van der Waals surface area contributed by atoms with Crippen molar-refractivity contribution in [3.8, 4) is 11.1 Å². The van der Waals surface area contributed by atoms with Crippen molar-refractivity contribution < 1.29 is 24.2 Å². The van der Waals surface area contributed by atoms with E-state index in [1.54, 1.807) is 0 Å². The van der Waals surface area contributed by atoms with Crippen LogP contribution in [0.3, 0.4) is 0 Å². The Morgan fingerprint density at radius 3 is 2.34 bits per heavy atom. The lowest BCUT2D eigenvalue weighted by Crippen LogP contribution is -2.44. The first-order valence-corrected chi connectivity index (χ1v) is 11.6. The number of rotatable bonds is 9. The summed E-state index contributed by atoms with van der Waals surface area (Å²) in [4.78, 5) is 36.5. The number of aliphatic carboxylic acids is 1. The van der Waals surface area contributed by atoms with Gasteiger partial charge in [-0.1, -0.05) is 61.4 Å². The number of fused-ring (bicyclic) bond motifs is 3. The lowest BCUT2D eigenvalue weighted by Gasteiger charge is -2.19. The second kappa shape index (κ2) is 9.61. The molecular formula is C26H26N4O5. The Kier molecular flexibility index (Phi) is 6.22. The van der Waals surface area contributed by atoms with Crippen molar-refractivity contribution in [2.75, 3.05) is 11.9 Å². The maximum Gasteiger partial charge on any atom is 0.407 e. The van der Waals surface area contributed by atoms with Crippen molar-refractivity contribution in [2.45, 2.75) is 37.8 Å². The third-order valence-electron chi connectivity index (χ3n) is 6.42. The molecule has 2 aromatic carbocycles. The van der Waals surface area contributed by atoms with E-state index in [0.717, 1.165) is 35.1 Å². The van der Waals surface area contributed by atoms with Gasteiger partial charge in [0.05, 0.1) is 11.9 Å². The van der Waals surface area contributed by atoms with E-state index in [1.165, 1.54) is 17.1 Å². The number of carboxylic acid groups (broad SMARTS) is 1. The Hall–Kier alpha value is -4.14. The summed E-state index contributed by atoms with van der Waals surface area (Å²) in [7, 11) is 0. The highest BCUT2D eigenvalue weighted by molar-refractivity contribution is 5.96. The third-order valence-corrected chi connectivity index (χ3v) is 6.42. The van der Waals surface area contributed by atoms with Crippen LogP contribution in [0, 0.1) is 5.92 Å². The molecule has 2 amide bonds. The number of nitrogens with one attached hydrogen (secondary N) is 2. The van der Waals surface area contributed by atoms with Gasteiger partial charge in [0.15, 0.2) is 0 Å². The SMILES string of the molecule is O=C(O)Cn1cc(NC(=O)[C@H](CC2CC2)NC(=O)OCC2c3ccccc3-c3ccccc32)cn1. The molecule has 180 valence electrons. The average molecular weight is 475 g/mol. The number of carbonyl (C=O) groups excluding carboxylic acids is 2. The minimum absolute atomic E-state index is 0.0658. The molecule has 5 rings (SSSR count). The van der Waals surface area contributed by atoms with Gasteiger partial charge in [-0.3, -0.25) is 14.3 Å². The van der Waals surface area contributed by atoms with E-state index in [2.05, 4.69) is 40.0 Å². The van der Waals surface area contributed by atoms with Gasteiger partial charge in [-0.2, -0.15) is 5.10 Å². The van der Waals surface area contributed by atoms with Crippen LogP contribution >= 0.6 is 0 Å². The zero-order valence-electron chi connectivity index (χ0n) is 19.0. The molecule has 2 aliphatic carbocycles.